The Labute approximate surface area is 365 Å². The van der Waals surface area contributed by atoms with E-state index in [-0.39, 0.29) is 31.1 Å². The van der Waals surface area contributed by atoms with Gasteiger partial charge in [0.15, 0.2) is 6.10 Å². The van der Waals surface area contributed by atoms with Crippen molar-refractivity contribution in [1.29, 1.82) is 0 Å². The molecule has 0 fully saturated rings. The molecule has 0 saturated carbocycles. The van der Waals surface area contributed by atoms with Crippen LogP contribution >= 0.6 is 0 Å². The van der Waals surface area contributed by atoms with E-state index >= 15 is 0 Å². The molecule has 342 valence electrons. The Morgan fingerprint density at radius 3 is 1.03 bits per heavy atom. The Hall–Kier alpha value is -2.63. The van der Waals surface area contributed by atoms with Crippen LogP contribution in [0.2, 0.25) is 0 Å². The summed E-state index contributed by atoms with van der Waals surface area (Å²) in [6.45, 7) is 6.44. The molecule has 0 spiro atoms. The highest BCUT2D eigenvalue weighted by Gasteiger charge is 2.19. The average molecular weight is 827 g/mol. The fourth-order valence-electron chi connectivity index (χ4n) is 7.08. The SMILES string of the molecule is CC/C=C\C/C=C\C/C=C\C/C=C\CCCCCCCCCCCCCCCCC(=O)OCC(COC(=O)CCCCCCCCC)OC(=O)CCCCCCCCC. The molecule has 0 heterocycles. The zero-order valence-corrected chi connectivity index (χ0v) is 39.0. The predicted molar refractivity (Wildman–Crippen MR) is 252 cm³/mol. The Morgan fingerprint density at radius 1 is 0.356 bits per heavy atom. The number of hydrogen-bond donors (Lipinski definition) is 0. The zero-order valence-electron chi connectivity index (χ0n) is 39.0. The molecule has 0 aromatic rings. The molecular weight excluding hydrogens is 733 g/mol. The summed E-state index contributed by atoms with van der Waals surface area (Å²) in [4.78, 5) is 37.5. The van der Waals surface area contributed by atoms with Gasteiger partial charge in [-0.15, -0.1) is 0 Å². The number of allylic oxidation sites excluding steroid dienone is 8. The maximum absolute atomic E-state index is 12.6. The van der Waals surface area contributed by atoms with Gasteiger partial charge >= 0.3 is 17.9 Å². The van der Waals surface area contributed by atoms with E-state index in [4.69, 9.17) is 14.2 Å². The summed E-state index contributed by atoms with van der Waals surface area (Å²) in [5.41, 5.74) is 0. The smallest absolute Gasteiger partial charge is 0.306 e. The van der Waals surface area contributed by atoms with Gasteiger partial charge in [0.25, 0.3) is 0 Å². The first-order valence-electron chi connectivity index (χ1n) is 25.1. The Morgan fingerprint density at radius 2 is 0.661 bits per heavy atom. The van der Waals surface area contributed by atoms with E-state index in [0.717, 1.165) is 83.5 Å². The molecule has 0 rings (SSSR count). The van der Waals surface area contributed by atoms with Gasteiger partial charge in [0.1, 0.15) is 13.2 Å². The van der Waals surface area contributed by atoms with E-state index in [1.54, 1.807) is 0 Å². The molecule has 0 aromatic carbocycles. The van der Waals surface area contributed by atoms with Crippen LogP contribution in [-0.4, -0.2) is 37.2 Å². The normalized spacial score (nSPS) is 12.4. The van der Waals surface area contributed by atoms with E-state index in [0.29, 0.717) is 19.3 Å². The molecule has 1 atom stereocenters. The van der Waals surface area contributed by atoms with E-state index in [9.17, 15) is 14.4 Å². The van der Waals surface area contributed by atoms with Crippen molar-refractivity contribution in [1.82, 2.24) is 0 Å². The number of esters is 3. The molecule has 0 aliphatic carbocycles. The first-order valence-corrected chi connectivity index (χ1v) is 25.1. The van der Waals surface area contributed by atoms with E-state index in [1.165, 1.54) is 128 Å². The van der Waals surface area contributed by atoms with Crippen LogP contribution in [0.3, 0.4) is 0 Å². The summed E-state index contributed by atoms with van der Waals surface area (Å²) < 4.78 is 16.6. The topological polar surface area (TPSA) is 78.9 Å². The van der Waals surface area contributed by atoms with Gasteiger partial charge in [-0.05, 0) is 57.8 Å². The summed E-state index contributed by atoms with van der Waals surface area (Å²) in [5.74, 6) is -0.880. The lowest BCUT2D eigenvalue weighted by Crippen LogP contribution is -2.30. The van der Waals surface area contributed by atoms with E-state index < -0.39 is 6.10 Å². The molecule has 0 aliphatic heterocycles. The van der Waals surface area contributed by atoms with Gasteiger partial charge in [0.05, 0.1) is 0 Å². The van der Waals surface area contributed by atoms with Crippen molar-refractivity contribution in [2.45, 2.75) is 258 Å². The summed E-state index contributed by atoms with van der Waals surface area (Å²) in [5, 5.41) is 0. The third-order valence-electron chi connectivity index (χ3n) is 10.8. The summed E-state index contributed by atoms with van der Waals surface area (Å²) in [7, 11) is 0. The molecule has 0 amide bonds. The van der Waals surface area contributed by atoms with Crippen LogP contribution in [0.25, 0.3) is 0 Å². The largest absolute Gasteiger partial charge is 0.462 e. The van der Waals surface area contributed by atoms with Gasteiger partial charge in [-0.25, -0.2) is 0 Å². The third-order valence-corrected chi connectivity index (χ3v) is 10.8. The molecule has 6 heteroatoms. The van der Waals surface area contributed by atoms with Crippen molar-refractivity contribution >= 4 is 17.9 Å². The highest BCUT2D eigenvalue weighted by atomic mass is 16.6. The maximum Gasteiger partial charge on any atom is 0.306 e. The van der Waals surface area contributed by atoms with Gasteiger partial charge in [-0.2, -0.15) is 0 Å². The second-order valence-electron chi connectivity index (χ2n) is 16.7. The number of carbonyl (C=O) groups excluding carboxylic acids is 3. The minimum absolute atomic E-state index is 0.0703. The molecule has 0 aromatic heterocycles. The third kappa shape index (κ3) is 46.3. The van der Waals surface area contributed by atoms with Gasteiger partial charge in [-0.3, -0.25) is 14.4 Å². The first kappa shape index (κ1) is 56.4. The summed E-state index contributed by atoms with van der Waals surface area (Å²) in [6, 6.07) is 0. The maximum atomic E-state index is 12.6. The number of ether oxygens (including phenoxy) is 3. The lowest BCUT2D eigenvalue weighted by atomic mass is 10.0. The lowest BCUT2D eigenvalue weighted by Gasteiger charge is -2.18. The van der Waals surface area contributed by atoms with Crippen molar-refractivity contribution in [2.24, 2.45) is 0 Å². The Bertz CT molecular complexity index is 1040. The Balaban J connectivity index is 3.97. The molecule has 0 saturated heterocycles. The van der Waals surface area contributed by atoms with Crippen LogP contribution < -0.4 is 0 Å². The van der Waals surface area contributed by atoms with Crippen LogP contribution in [-0.2, 0) is 28.6 Å². The molecule has 0 aliphatic rings. The molecule has 0 bridgehead atoms. The number of hydrogen-bond acceptors (Lipinski definition) is 6. The van der Waals surface area contributed by atoms with Crippen LogP contribution in [0.4, 0.5) is 0 Å². The average Bonchev–Trinajstić information content (AvgIpc) is 3.23. The highest BCUT2D eigenvalue weighted by molar-refractivity contribution is 5.71. The summed E-state index contributed by atoms with van der Waals surface area (Å²) in [6.07, 6.45) is 57.2. The van der Waals surface area contributed by atoms with Crippen molar-refractivity contribution in [3.05, 3.63) is 48.6 Å². The first-order chi connectivity index (χ1) is 29.0. The number of rotatable bonds is 45. The molecular formula is C53H94O6. The number of unbranched alkanes of at least 4 members (excludes halogenated alkanes) is 26. The summed E-state index contributed by atoms with van der Waals surface area (Å²) >= 11 is 0. The van der Waals surface area contributed by atoms with Crippen molar-refractivity contribution in [2.75, 3.05) is 13.2 Å². The van der Waals surface area contributed by atoms with E-state index in [1.807, 2.05) is 0 Å². The van der Waals surface area contributed by atoms with Crippen molar-refractivity contribution < 1.29 is 28.6 Å². The Kier molecular flexibility index (Phi) is 45.9. The lowest BCUT2D eigenvalue weighted by molar-refractivity contribution is -0.167. The molecule has 6 nitrogen and oxygen atoms in total. The molecule has 0 radical (unpaired) electrons. The molecule has 59 heavy (non-hydrogen) atoms. The predicted octanol–water partition coefficient (Wildman–Crippen LogP) is 16.3. The van der Waals surface area contributed by atoms with Crippen LogP contribution in [0.1, 0.15) is 252 Å². The highest BCUT2D eigenvalue weighted by Crippen LogP contribution is 2.15. The second-order valence-corrected chi connectivity index (χ2v) is 16.7. The van der Waals surface area contributed by atoms with Crippen molar-refractivity contribution in [3.8, 4) is 0 Å². The molecule has 1 unspecified atom stereocenters. The van der Waals surface area contributed by atoms with Crippen LogP contribution in [0.5, 0.6) is 0 Å². The fraction of sp³-hybridized carbons (Fsp3) is 0.792. The standard InChI is InChI=1S/C53H94O6/c1-4-7-10-13-16-17-18-19-20-21-22-23-24-25-26-27-28-29-30-31-32-33-34-35-38-40-43-46-52(55)58-49-50(59-53(56)47-44-41-37-15-12-9-6-3)48-57-51(54)45-42-39-36-14-11-8-5-2/h7,10,16-17,19-20,22-23,50H,4-6,8-9,11-15,18,21,24-49H2,1-3H3/b10-7-,17-16-,20-19-,23-22-. The monoisotopic (exact) mass is 827 g/mol. The van der Waals surface area contributed by atoms with Gasteiger partial charge in [0.2, 0.25) is 0 Å². The van der Waals surface area contributed by atoms with Crippen molar-refractivity contribution in [3.63, 3.8) is 0 Å². The minimum Gasteiger partial charge on any atom is -0.462 e. The van der Waals surface area contributed by atoms with Crippen LogP contribution in [0.15, 0.2) is 48.6 Å². The quantitative estimate of drug-likeness (QED) is 0.0263. The second kappa shape index (κ2) is 48.0. The van der Waals surface area contributed by atoms with E-state index in [2.05, 4.69) is 69.4 Å². The minimum atomic E-state index is -0.763. The zero-order chi connectivity index (χ0) is 43.0. The molecule has 0 N–H and O–H groups in total. The van der Waals surface area contributed by atoms with Crippen LogP contribution in [0, 0.1) is 0 Å². The van der Waals surface area contributed by atoms with Gasteiger partial charge in [0, 0.05) is 19.3 Å². The van der Waals surface area contributed by atoms with Gasteiger partial charge in [-0.1, -0.05) is 223 Å². The van der Waals surface area contributed by atoms with Gasteiger partial charge < -0.3 is 14.2 Å². The number of carbonyl (C=O) groups is 3. The fourth-order valence-corrected chi connectivity index (χ4v) is 7.08.